The van der Waals surface area contributed by atoms with Gasteiger partial charge >= 0.3 is 5.97 Å². The summed E-state index contributed by atoms with van der Waals surface area (Å²) in [7, 11) is 1.47. The lowest BCUT2D eigenvalue weighted by atomic mass is 9.82. The molecule has 1 aromatic carbocycles. The van der Waals surface area contributed by atoms with Crippen LogP contribution >= 0.6 is 0 Å². The van der Waals surface area contributed by atoms with Crippen molar-refractivity contribution in [1.29, 1.82) is 0 Å². The first-order valence-electron chi connectivity index (χ1n) is 7.81. The van der Waals surface area contributed by atoms with Gasteiger partial charge in [0.2, 0.25) is 0 Å². The lowest BCUT2D eigenvalue weighted by Gasteiger charge is -2.23. The van der Waals surface area contributed by atoms with E-state index < -0.39 is 0 Å². The topological polar surface area (TPSA) is 26.3 Å². The van der Waals surface area contributed by atoms with E-state index >= 15 is 0 Å². The molecule has 110 valence electrons. The van der Waals surface area contributed by atoms with Crippen molar-refractivity contribution >= 4 is 5.97 Å². The van der Waals surface area contributed by atoms with Crippen LogP contribution in [0.3, 0.4) is 0 Å². The quantitative estimate of drug-likeness (QED) is 0.747. The van der Waals surface area contributed by atoms with Crippen LogP contribution in [0.25, 0.3) is 0 Å². The molecule has 0 amide bonds. The van der Waals surface area contributed by atoms with Crippen LogP contribution in [0, 0.1) is 5.92 Å². The van der Waals surface area contributed by atoms with Gasteiger partial charge in [0.05, 0.1) is 13.0 Å². The number of carbonyl (C=O) groups excluding carboxylic acids is 1. The summed E-state index contributed by atoms with van der Waals surface area (Å²) in [5, 5.41) is 0. The summed E-state index contributed by atoms with van der Waals surface area (Å²) >= 11 is 0. The third kappa shape index (κ3) is 3.41. The maximum atomic E-state index is 11.9. The van der Waals surface area contributed by atoms with Crippen molar-refractivity contribution in [2.75, 3.05) is 7.11 Å². The lowest BCUT2D eigenvalue weighted by molar-refractivity contribution is -0.143. The molecule has 0 bridgehead atoms. The van der Waals surface area contributed by atoms with Crippen molar-refractivity contribution in [3.8, 4) is 0 Å². The predicted octanol–water partition coefficient (Wildman–Crippen LogP) is 4.65. The molecule has 1 saturated carbocycles. The zero-order valence-electron chi connectivity index (χ0n) is 12.9. The number of carbonyl (C=O) groups is 1. The van der Waals surface area contributed by atoms with Crippen LogP contribution in [-0.2, 0) is 9.53 Å². The highest BCUT2D eigenvalue weighted by Crippen LogP contribution is 2.34. The van der Waals surface area contributed by atoms with Crippen molar-refractivity contribution < 1.29 is 9.53 Å². The van der Waals surface area contributed by atoms with Crippen LogP contribution in [0.4, 0.5) is 0 Å². The second-order valence-electron chi connectivity index (χ2n) is 6.25. The molecule has 1 atom stereocenters. The minimum atomic E-state index is -0.152. The molecule has 0 spiro atoms. The Morgan fingerprint density at radius 3 is 2.20 bits per heavy atom. The average Bonchev–Trinajstić information content (AvgIpc) is 2.48. The molecule has 2 rings (SSSR count). The van der Waals surface area contributed by atoms with Gasteiger partial charge in [-0.1, -0.05) is 57.4 Å². The fourth-order valence-electron chi connectivity index (χ4n) is 3.33. The first-order valence-corrected chi connectivity index (χ1v) is 7.81. The average molecular weight is 274 g/mol. The summed E-state index contributed by atoms with van der Waals surface area (Å²) in [5.74, 6) is 0.683. The Hall–Kier alpha value is -1.31. The largest absolute Gasteiger partial charge is 0.469 e. The van der Waals surface area contributed by atoms with Gasteiger partial charge in [0.1, 0.15) is 0 Å². The van der Waals surface area contributed by atoms with Gasteiger partial charge in [0.25, 0.3) is 0 Å². The molecule has 20 heavy (non-hydrogen) atoms. The number of hydrogen-bond donors (Lipinski definition) is 0. The summed E-state index contributed by atoms with van der Waals surface area (Å²) in [6.45, 7) is 4.13. The Bertz CT molecular complexity index is 427. The zero-order valence-corrected chi connectivity index (χ0v) is 12.9. The van der Waals surface area contributed by atoms with Gasteiger partial charge in [-0.25, -0.2) is 0 Å². The van der Waals surface area contributed by atoms with E-state index in [4.69, 9.17) is 4.74 Å². The summed E-state index contributed by atoms with van der Waals surface area (Å²) < 4.78 is 4.94. The Morgan fingerprint density at radius 2 is 1.70 bits per heavy atom. The molecule has 0 N–H and O–H groups in total. The number of esters is 1. The van der Waals surface area contributed by atoms with Crippen LogP contribution in [0.5, 0.6) is 0 Å². The van der Waals surface area contributed by atoms with E-state index in [0.717, 1.165) is 5.56 Å². The molecule has 1 aliphatic rings. The molecule has 2 heteroatoms. The number of rotatable bonds is 4. The van der Waals surface area contributed by atoms with Crippen LogP contribution in [-0.4, -0.2) is 13.1 Å². The molecule has 2 nitrogen and oxygen atoms in total. The molecule has 0 aromatic heterocycles. The fraction of sp³-hybridized carbons (Fsp3) is 0.611. The minimum Gasteiger partial charge on any atom is -0.469 e. The first kappa shape index (κ1) is 15.1. The second kappa shape index (κ2) is 6.92. The van der Waals surface area contributed by atoms with Gasteiger partial charge in [-0.05, 0) is 35.8 Å². The molecule has 1 fully saturated rings. The minimum absolute atomic E-state index is 0.134. The van der Waals surface area contributed by atoms with E-state index in [1.807, 2.05) is 0 Å². The maximum Gasteiger partial charge on any atom is 0.313 e. The number of hydrogen-bond acceptors (Lipinski definition) is 2. The van der Waals surface area contributed by atoms with Crippen molar-refractivity contribution in [3.05, 3.63) is 35.4 Å². The van der Waals surface area contributed by atoms with Crippen LogP contribution < -0.4 is 0 Å². The monoisotopic (exact) mass is 274 g/mol. The van der Waals surface area contributed by atoms with E-state index in [1.165, 1.54) is 44.8 Å². The predicted molar refractivity (Wildman–Crippen MR) is 81.9 cm³/mol. The van der Waals surface area contributed by atoms with Gasteiger partial charge in [0.15, 0.2) is 0 Å². The van der Waals surface area contributed by atoms with E-state index in [9.17, 15) is 4.79 Å². The molecule has 0 radical (unpaired) electrons. The molecule has 0 saturated heterocycles. The highest BCUT2D eigenvalue weighted by molar-refractivity contribution is 5.78. The first-order chi connectivity index (χ1) is 9.63. The molecule has 0 heterocycles. The summed E-state index contributed by atoms with van der Waals surface area (Å²) in [6, 6.07) is 8.66. The van der Waals surface area contributed by atoms with Crippen LogP contribution in [0.2, 0.25) is 0 Å². The third-order valence-electron chi connectivity index (χ3n) is 4.49. The highest BCUT2D eigenvalue weighted by Gasteiger charge is 2.25. The van der Waals surface area contributed by atoms with E-state index in [1.54, 1.807) is 0 Å². The summed E-state index contributed by atoms with van der Waals surface area (Å²) in [6.07, 6.45) is 6.70. The van der Waals surface area contributed by atoms with Crippen LogP contribution in [0.1, 0.15) is 68.9 Å². The smallest absolute Gasteiger partial charge is 0.313 e. The molecule has 1 unspecified atom stereocenters. The normalized spacial score (nSPS) is 18.0. The van der Waals surface area contributed by atoms with Gasteiger partial charge in [-0.2, -0.15) is 0 Å². The van der Waals surface area contributed by atoms with E-state index in [0.29, 0.717) is 5.92 Å². The SMILES string of the molecule is COC(=O)C(c1ccc(C2CCCCC2)cc1)C(C)C. The Morgan fingerprint density at radius 1 is 1.10 bits per heavy atom. The molecule has 1 aliphatic carbocycles. The van der Waals surface area contributed by atoms with Gasteiger partial charge < -0.3 is 4.74 Å². The Labute approximate surface area is 122 Å². The van der Waals surface area contributed by atoms with Crippen molar-refractivity contribution in [3.63, 3.8) is 0 Å². The lowest BCUT2D eigenvalue weighted by Crippen LogP contribution is -2.19. The number of benzene rings is 1. The van der Waals surface area contributed by atoms with Gasteiger partial charge in [-0.3, -0.25) is 4.79 Å². The van der Waals surface area contributed by atoms with Crippen molar-refractivity contribution in [1.82, 2.24) is 0 Å². The van der Waals surface area contributed by atoms with E-state index in [2.05, 4.69) is 38.1 Å². The zero-order chi connectivity index (χ0) is 14.5. The summed E-state index contributed by atoms with van der Waals surface area (Å²) in [4.78, 5) is 11.9. The Balaban J connectivity index is 2.15. The molecular weight excluding hydrogens is 248 g/mol. The maximum absolute atomic E-state index is 11.9. The van der Waals surface area contributed by atoms with Gasteiger partial charge in [0, 0.05) is 0 Å². The second-order valence-corrected chi connectivity index (χ2v) is 6.25. The highest BCUT2D eigenvalue weighted by atomic mass is 16.5. The van der Waals surface area contributed by atoms with Crippen molar-refractivity contribution in [2.45, 2.75) is 57.8 Å². The van der Waals surface area contributed by atoms with Crippen LogP contribution in [0.15, 0.2) is 24.3 Å². The third-order valence-corrected chi connectivity index (χ3v) is 4.49. The van der Waals surface area contributed by atoms with Gasteiger partial charge in [-0.15, -0.1) is 0 Å². The van der Waals surface area contributed by atoms with Crippen molar-refractivity contribution in [2.24, 2.45) is 5.92 Å². The fourth-order valence-corrected chi connectivity index (χ4v) is 3.33. The standard InChI is InChI=1S/C18H26O2/c1-13(2)17(18(19)20-3)16-11-9-15(10-12-16)14-7-5-4-6-8-14/h9-14,17H,4-8H2,1-3H3. The van der Waals surface area contributed by atoms with E-state index in [-0.39, 0.29) is 17.8 Å². The molecule has 1 aromatic rings. The molecule has 0 aliphatic heterocycles. The Kier molecular flexibility index (Phi) is 5.22. The summed E-state index contributed by atoms with van der Waals surface area (Å²) in [5.41, 5.74) is 2.51. The number of ether oxygens (including phenoxy) is 1. The molecular formula is C18H26O2. The number of methoxy groups -OCH3 is 1.